The predicted octanol–water partition coefficient (Wildman–Crippen LogP) is 4.83. The van der Waals surface area contributed by atoms with Gasteiger partial charge >= 0.3 is 0 Å². The maximum atomic E-state index is 5.55. The van der Waals surface area contributed by atoms with Crippen molar-refractivity contribution in [1.29, 1.82) is 0 Å². The lowest BCUT2D eigenvalue weighted by molar-refractivity contribution is 0.174. The zero-order valence-electron chi connectivity index (χ0n) is 17.1. The molecule has 0 amide bonds. The highest BCUT2D eigenvalue weighted by molar-refractivity contribution is 5.97. The Bertz CT molecular complexity index is 1210. The van der Waals surface area contributed by atoms with Crippen molar-refractivity contribution in [3.8, 4) is 22.8 Å². The van der Waals surface area contributed by atoms with Crippen LogP contribution in [0.4, 0.5) is 17.1 Å². The molecule has 7 nitrogen and oxygen atoms in total. The van der Waals surface area contributed by atoms with Gasteiger partial charge in [0.2, 0.25) is 6.79 Å². The Balaban J connectivity index is 1.58. The Morgan fingerprint density at radius 2 is 1.81 bits per heavy atom. The molecule has 1 aliphatic heterocycles. The van der Waals surface area contributed by atoms with Gasteiger partial charge in [-0.25, -0.2) is 4.98 Å². The molecule has 0 saturated carbocycles. The van der Waals surface area contributed by atoms with Crippen molar-refractivity contribution < 1.29 is 14.2 Å². The maximum absolute atomic E-state index is 5.55. The Kier molecular flexibility index (Phi) is 5.24. The number of ether oxygens (including phenoxy) is 3. The molecule has 0 saturated heterocycles. The summed E-state index contributed by atoms with van der Waals surface area (Å²) in [5.74, 6) is 1.49. The third-order valence-corrected chi connectivity index (χ3v) is 5.07. The Morgan fingerprint density at radius 1 is 0.935 bits per heavy atom. The molecule has 0 bridgehead atoms. The number of methoxy groups -OCH3 is 1. The average Bonchev–Trinajstić information content (AvgIpc) is 3.28. The number of hydrogen-bond donors (Lipinski definition) is 2. The topological polar surface area (TPSA) is 77.5 Å². The second-order valence-corrected chi connectivity index (χ2v) is 7.14. The second kappa shape index (κ2) is 8.49. The first kappa shape index (κ1) is 19.1. The van der Waals surface area contributed by atoms with Crippen molar-refractivity contribution in [2.24, 2.45) is 0 Å². The maximum Gasteiger partial charge on any atom is 0.231 e. The normalized spacial score (nSPS) is 12.2. The van der Waals surface area contributed by atoms with Crippen LogP contribution in [0.15, 0.2) is 67.0 Å². The fourth-order valence-corrected chi connectivity index (χ4v) is 3.53. The number of nitrogens with one attached hydrogen (secondary N) is 2. The van der Waals surface area contributed by atoms with Crippen molar-refractivity contribution in [1.82, 2.24) is 9.97 Å². The van der Waals surface area contributed by atoms with Crippen molar-refractivity contribution in [3.05, 3.63) is 67.0 Å². The van der Waals surface area contributed by atoms with Gasteiger partial charge in [0.1, 0.15) is 0 Å². The standard InChI is InChI=1S/C24H22N4O3/c1-29-11-10-26-18-3-4-19-21(13-18)28-20(14-22(19)27-17-6-8-25-9-7-17)16-2-5-23-24(12-16)31-15-30-23/h2-9,12-14,26H,10-11,15H2,1H3,(H,25,27,28). The number of anilines is 3. The lowest BCUT2D eigenvalue weighted by Gasteiger charge is -2.14. The Morgan fingerprint density at radius 3 is 2.68 bits per heavy atom. The van der Waals surface area contributed by atoms with E-state index in [0.29, 0.717) is 6.61 Å². The molecule has 2 N–H and O–H groups in total. The van der Waals surface area contributed by atoms with Gasteiger partial charge in [-0.2, -0.15) is 0 Å². The largest absolute Gasteiger partial charge is 0.454 e. The van der Waals surface area contributed by atoms with Gasteiger partial charge in [0.15, 0.2) is 11.5 Å². The fourth-order valence-electron chi connectivity index (χ4n) is 3.53. The first-order valence-corrected chi connectivity index (χ1v) is 10.0. The van der Waals surface area contributed by atoms with Crippen LogP contribution in [-0.2, 0) is 4.74 Å². The van der Waals surface area contributed by atoms with Crippen molar-refractivity contribution in [2.75, 3.05) is 37.7 Å². The van der Waals surface area contributed by atoms with Crippen LogP contribution in [-0.4, -0.2) is 37.0 Å². The summed E-state index contributed by atoms with van der Waals surface area (Å²) in [6.45, 7) is 1.61. The summed E-state index contributed by atoms with van der Waals surface area (Å²) in [5.41, 5.74) is 5.61. The lowest BCUT2D eigenvalue weighted by atomic mass is 10.1. The van der Waals surface area contributed by atoms with E-state index in [2.05, 4.69) is 39.9 Å². The van der Waals surface area contributed by atoms with Gasteiger partial charge in [-0.15, -0.1) is 0 Å². The van der Waals surface area contributed by atoms with E-state index in [4.69, 9.17) is 19.2 Å². The summed E-state index contributed by atoms with van der Waals surface area (Å²) in [6, 6.07) is 18.0. The molecule has 0 fully saturated rings. The monoisotopic (exact) mass is 414 g/mol. The van der Waals surface area contributed by atoms with Crippen LogP contribution in [0.3, 0.4) is 0 Å². The second-order valence-electron chi connectivity index (χ2n) is 7.14. The molecule has 3 heterocycles. The quantitative estimate of drug-likeness (QED) is 0.420. The van der Waals surface area contributed by atoms with Crippen molar-refractivity contribution in [3.63, 3.8) is 0 Å². The van der Waals surface area contributed by atoms with Gasteiger partial charge in [0.05, 0.1) is 23.5 Å². The van der Waals surface area contributed by atoms with E-state index >= 15 is 0 Å². The average molecular weight is 414 g/mol. The molecule has 31 heavy (non-hydrogen) atoms. The van der Waals surface area contributed by atoms with E-state index < -0.39 is 0 Å². The van der Waals surface area contributed by atoms with Gasteiger partial charge in [-0.1, -0.05) is 0 Å². The lowest BCUT2D eigenvalue weighted by Crippen LogP contribution is -2.07. The molecule has 5 rings (SSSR count). The highest BCUT2D eigenvalue weighted by Crippen LogP contribution is 2.37. The van der Waals surface area contributed by atoms with Crippen LogP contribution in [0, 0.1) is 0 Å². The summed E-state index contributed by atoms with van der Waals surface area (Å²) in [5, 5.41) is 7.90. The minimum atomic E-state index is 0.245. The third-order valence-electron chi connectivity index (χ3n) is 5.07. The summed E-state index contributed by atoms with van der Waals surface area (Å²) < 4.78 is 16.1. The fraction of sp³-hybridized carbons (Fsp3) is 0.167. The predicted molar refractivity (Wildman–Crippen MR) is 121 cm³/mol. The van der Waals surface area contributed by atoms with Crippen molar-refractivity contribution in [2.45, 2.75) is 0 Å². The van der Waals surface area contributed by atoms with Gasteiger partial charge in [0.25, 0.3) is 0 Å². The van der Waals surface area contributed by atoms with E-state index in [1.54, 1.807) is 19.5 Å². The van der Waals surface area contributed by atoms with E-state index in [-0.39, 0.29) is 6.79 Å². The summed E-state index contributed by atoms with van der Waals surface area (Å²) in [6.07, 6.45) is 3.53. The molecule has 0 unspecified atom stereocenters. The highest BCUT2D eigenvalue weighted by atomic mass is 16.7. The van der Waals surface area contributed by atoms with E-state index in [0.717, 1.165) is 57.3 Å². The van der Waals surface area contributed by atoms with Gasteiger partial charge < -0.3 is 24.8 Å². The van der Waals surface area contributed by atoms with Crippen LogP contribution >= 0.6 is 0 Å². The van der Waals surface area contributed by atoms with Crippen LogP contribution in [0.5, 0.6) is 11.5 Å². The molecule has 0 radical (unpaired) electrons. The van der Waals surface area contributed by atoms with Crippen molar-refractivity contribution >= 4 is 28.0 Å². The van der Waals surface area contributed by atoms with Crippen LogP contribution in [0.25, 0.3) is 22.2 Å². The molecule has 0 atom stereocenters. The molecule has 156 valence electrons. The van der Waals surface area contributed by atoms with Crippen LogP contribution in [0.2, 0.25) is 0 Å². The molecule has 7 heteroatoms. The first-order chi connectivity index (χ1) is 15.3. The first-order valence-electron chi connectivity index (χ1n) is 10.0. The number of aromatic nitrogens is 2. The van der Waals surface area contributed by atoms with Crippen LogP contribution < -0.4 is 20.1 Å². The molecule has 4 aromatic rings. The SMILES string of the molecule is COCCNc1ccc2c(Nc3ccncc3)cc(-c3ccc4c(c3)OCO4)nc2c1. The Hall–Kier alpha value is -3.84. The van der Waals surface area contributed by atoms with E-state index in [1.165, 1.54) is 0 Å². The van der Waals surface area contributed by atoms with E-state index in [9.17, 15) is 0 Å². The molecular weight excluding hydrogens is 392 g/mol. The smallest absolute Gasteiger partial charge is 0.231 e. The van der Waals surface area contributed by atoms with Gasteiger partial charge in [-0.05, 0) is 54.6 Å². The summed E-state index contributed by atoms with van der Waals surface area (Å²) in [7, 11) is 1.69. The summed E-state index contributed by atoms with van der Waals surface area (Å²) in [4.78, 5) is 9.04. The third kappa shape index (κ3) is 4.08. The molecule has 2 aromatic heterocycles. The number of hydrogen-bond acceptors (Lipinski definition) is 7. The van der Waals surface area contributed by atoms with E-state index in [1.807, 2.05) is 30.3 Å². The summed E-state index contributed by atoms with van der Waals surface area (Å²) >= 11 is 0. The zero-order chi connectivity index (χ0) is 21.0. The number of fused-ring (bicyclic) bond motifs is 2. The zero-order valence-corrected chi connectivity index (χ0v) is 17.1. The Labute approximate surface area is 180 Å². The minimum absolute atomic E-state index is 0.245. The molecule has 0 spiro atoms. The highest BCUT2D eigenvalue weighted by Gasteiger charge is 2.16. The number of rotatable bonds is 7. The minimum Gasteiger partial charge on any atom is -0.454 e. The van der Waals surface area contributed by atoms with Gasteiger partial charge in [-0.3, -0.25) is 4.98 Å². The van der Waals surface area contributed by atoms with Crippen LogP contribution in [0.1, 0.15) is 0 Å². The number of pyridine rings is 2. The molecule has 2 aromatic carbocycles. The molecular formula is C24H22N4O3. The molecule has 0 aliphatic carbocycles. The number of benzene rings is 2. The number of nitrogens with zero attached hydrogens (tertiary/aromatic N) is 2. The van der Waals surface area contributed by atoms with Gasteiger partial charge in [0, 0.05) is 48.4 Å². The molecule has 1 aliphatic rings.